The van der Waals surface area contributed by atoms with Gasteiger partial charge in [0.15, 0.2) is 0 Å². The minimum atomic E-state index is 0.980. The third-order valence-electron chi connectivity index (χ3n) is 2.76. The molecule has 2 aromatic rings. The van der Waals surface area contributed by atoms with E-state index in [0.29, 0.717) is 0 Å². The lowest BCUT2D eigenvalue weighted by molar-refractivity contribution is 0.748. The van der Waals surface area contributed by atoms with Crippen LogP contribution in [0, 0.1) is 6.92 Å². The minimum Gasteiger partial charge on any atom is -0.384 e. The predicted octanol–water partition coefficient (Wildman–Crippen LogP) is 2.56. The van der Waals surface area contributed by atoms with Crippen molar-refractivity contribution < 1.29 is 0 Å². The number of para-hydroxylation sites is 1. The second kappa shape index (κ2) is 5.64. The van der Waals surface area contributed by atoms with Crippen LogP contribution in [0.2, 0.25) is 0 Å². The van der Waals surface area contributed by atoms with Crippen molar-refractivity contribution in [3.63, 3.8) is 0 Å². The first kappa shape index (κ1) is 11.9. The smallest absolute Gasteiger partial charge is 0.0725 e. The van der Waals surface area contributed by atoms with Gasteiger partial charge in [-0.3, -0.25) is 4.98 Å². The molecular formula is C14H19N3. The van der Waals surface area contributed by atoms with E-state index < -0.39 is 0 Å². The molecule has 1 heterocycles. The van der Waals surface area contributed by atoms with Crippen LogP contribution in [0.25, 0.3) is 10.9 Å². The van der Waals surface area contributed by atoms with Gasteiger partial charge in [0, 0.05) is 23.3 Å². The molecule has 0 saturated heterocycles. The summed E-state index contributed by atoms with van der Waals surface area (Å²) in [4.78, 5) is 4.53. The summed E-state index contributed by atoms with van der Waals surface area (Å²) < 4.78 is 0. The molecule has 0 unspecified atom stereocenters. The van der Waals surface area contributed by atoms with E-state index in [1.54, 1.807) is 0 Å². The van der Waals surface area contributed by atoms with Crippen molar-refractivity contribution in [1.29, 1.82) is 0 Å². The first-order valence-electron chi connectivity index (χ1n) is 6.06. The van der Waals surface area contributed by atoms with Crippen LogP contribution < -0.4 is 10.6 Å². The van der Waals surface area contributed by atoms with Gasteiger partial charge < -0.3 is 10.6 Å². The zero-order valence-corrected chi connectivity index (χ0v) is 10.5. The van der Waals surface area contributed by atoms with E-state index in [2.05, 4.69) is 39.9 Å². The van der Waals surface area contributed by atoms with Gasteiger partial charge in [0.25, 0.3) is 0 Å². The zero-order valence-electron chi connectivity index (χ0n) is 10.5. The number of hydrogen-bond donors (Lipinski definition) is 2. The van der Waals surface area contributed by atoms with Crippen molar-refractivity contribution in [3.8, 4) is 0 Å². The molecule has 0 saturated carbocycles. The second-order valence-corrected chi connectivity index (χ2v) is 4.21. The summed E-state index contributed by atoms with van der Waals surface area (Å²) >= 11 is 0. The molecule has 0 amide bonds. The van der Waals surface area contributed by atoms with Crippen LogP contribution in [-0.4, -0.2) is 25.1 Å². The van der Waals surface area contributed by atoms with Crippen LogP contribution >= 0.6 is 0 Å². The van der Waals surface area contributed by atoms with Gasteiger partial charge >= 0.3 is 0 Å². The Morgan fingerprint density at radius 1 is 1.18 bits per heavy atom. The number of hydrogen-bond acceptors (Lipinski definition) is 3. The van der Waals surface area contributed by atoms with E-state index in [9.17, 15) is 0 Å². The summed E-state index contributed by atoms with van der Waals surface area (Å²) in [6.07, 6.45) is 1.12. The molecule has 1 aromatic heterocycles. The molecule has 0 aliphatic heterocycles. The highest BCUT2D eigenvalue weighted by Gasteiger charge is 2.02. The van der Waals surface area contributed by atoms with Crippen molar-refractivity contribution in [3.05, 3.63) is 36.0 Å². The lowest BCUT2D eigenvalue weighted by Gasteiger charge is -2.10. The molecule has 0 radical (unpaired) electrons. The van der Waals surface area contributed by atoms with Crippen LogP contribution in [0.3, 0.4) is 0 Å². The average molecular weight is 229 g/mol. The van der Waals surface area contributed by atoms with Gasteiger partial charge in [0.2, 0.25) is 0 Å². The Balaban J connectivity index is 2.20. The molecule has 17 heavy (non-hydrogen) atoms. The Morgan fingerprint density at radius 2 is 2.00 bits per heavy atom. The minimum absolute atomic E-state index is 0.980. The number of pyridine rings is 1. The van der Waals surface area contributed by atoms with Gasteiger partial charge in [-0.05, 0) is 39.1 Å². The molecule has 0 fully saturated rings. The molecule has 3 nitrogen and oxygen atoms in total. The van der Waals surface area contributed by atoms with Crippen molar-refractivity contribution >= 4 is 16.6 Å². The summed E-state index contributed by atoms with van der Waals surface area (Å²) in [5, 5.41) is 7.83. The summed E-state index contributed by atoms with van der Waals surface area (Å²) in [6, 6.07) is 10.4. The van der Waals surface area contributed by atoms with Gasteiger partial charge in [-0.2, -0.15) is 0 Å². The SMILES string of the molecule is CNCCCNc1cc(C)nc2ccccc12. The Morgan fingerprint density at radius 3 is 2.82 bits per heavy atom. The van der Waals surface area contributed by atoms with Gasteiger partial charge in [-0.15, -0.1) is 0 Å². The third kappa shape index (κ3) is 2.94. The fourth-order valence-corrected chi connectivity index (χ4v) is 1.94. The largest absolute Gasteiger partial charge is 0.384 e. The molecule has 0 bridgehead atoms. The van der Waals surface area contributed by atoms with Crippen LogP contribution in [-0.2, 0) is 0 Å². The quantitative estimate of drug-likeness (QED) is 0.774. The Kier molecular flexibility index (Phi) is 3.94. The number of nitrogens with zero attached hydrogens (tertiary/aromatic N) is 1. The van der Waals surface area contributed by atoms with Crippen LogP contribution in [0.5, 0.6) is 0 Å². The van der Waals surface area contributed by atoms with E-state index in [0.717, 1.165) is 30.7 Å². The van der Waals surface area contributed by atoms with E-state index >= 15 is 0 Å². The molecular weight excluding hydrogens is 210 g/mol. The van der Waals surface area contributed by atoms with Gasteiger partial charge in [0.1, 0.15) is 0 Å². The highest BCUT2D eigenvalue weighted by Crippen LogP contribution is 2.22. The summed E-state index contributed by atoms with van der Waals surface area (Å²) in [5.41, 5.74) is 3.30. The van der Waals surface area contributed by atoms with Crippen molar-refractivity contribution in [2.45, 2.75) is 13.3 Å². The van der Waals surface area contributed by atoms with Gasteiger partial charge in [-0.1, -0.05) is 18.2 Å². The maximum Gasteiger partial charge on any atom is 0.0725 e. The molecule has 0 atom stereocenters. The van der Waals surface area contributed by atoms with Gasteiger partial charge in [-0.25, -0.2) is 0 Å². The van der Waals surface area contributed by atoms with Crippen LogP contribution in [0.15, 0.2) is 30.3 Å². The summed E-state index contributed by atoms with van der Waals surface area (Å²) in [7, 11) is 1.98. The molecule has 0 aliphatic rings. The Bertz CT molecular complexity index is 494. The van der Waals surface area contributed by atoms with E-state index in [-0.39, 0.29) is 0 Å². The number of anilines is 1. The topological polar surface area (TPSA) is 37.0 Å². The third-order valence-corrected chi connectivity index (χ3v) is 2.76. The zero-order chi connectivity index (χ0) is 12.1. The number of benzene rings is 1. The number of nitrogens with one attached hydrogen (secondary N) is 2. The van der Waals surface area contributed by atoms with E-state index in [1.165, 1.54) is 11.1 Å². The number of aryl methyl sites for hydroxylation is 1. The number of fused-ring (bicyclic) bond motifs is 1. The lowest BCUT2D eigenvalue weighted by Crippen LogP contribution is -2.13. The summed E-state index contributed by atoms with van der Waals surface area (Å²) in [5.74, 6) is 0. The summed E-state index contributed by atoms with van der Waals surface area (Å²) in [6.45, 7) is 4.05. The molecule has 0 spiro atoms. The first-order chi connectivity index (χ1) is 8.31. The van der Waals surface area contributed by atoms with Gasteiger partial charge in [0.05, 0.1) is 5.52 Å². The molecule has 90 valence electrons. The highest BCUT2D eigenvalue weighted by atomic mass is 14.9. The Hall–Kier alpha value is -1.61. The lowest BCUT2D eigenvalue weighted by atomic mass is 10.1. The van der Waals surface area contributed by atoms with E-state index in [1.807, 2.05) is 20.0 Å². The van der Waals surface area contributed by atoms with Crippen molar-refractivity contribution in [2.24, 2.45) is 0 Å². The van der Waals surface area contributed by atoms with E-state index in [4.69, 9.17) is 0 Å². The maximum absolute atomic E-state index is 4.53. The molecule has 2 N–H and O–H groups in total. The molecule has 0 aliphatic carbocycles. The molecule has 1 aromatic carbocycles. The van der Waals surface area contributed by atoms with Crippen molar-refractivity contribution in [2.75, 3.05) is 25.5 Å². The standard InChI is InChI=1S/C14H19N3/c1-11-10-14(16-9-5-8-15-2)12-6-3-4-7-13(12)17-11/h3-4,6-7,10,15H,5,8-9H2,1-2H3,(H,16,17). The monoisotopic (exact) mass is 229 g/mol. The second-order valence-electron chi connectivity index (χ2n) is 4.21. The number of rotatable bonds is 5. The van der Waals surface area contributed by atoms with Crippen LogP contribution in [0.1, 0.15) is 12.1 Å². The first-order valence-corrected chi connectivity index (χ1v) is 6.06. The predicted molar refractivity (Wildman–Crippen MR) is 73.5 cm³/mol. The van der Waals surface area contributed by atoms with Crippen molar-refractivity contribution in [1.82, 2.24) is 10.3 Å². The fourth-order valence-electron chi connectivity index (χ4n) is 1.94. The maximum atomic E-state index is 4.53. The molecule has 2 rings (SSSR count). The van der Waals surface area contributed by atoms with Crippen LogP contribution in [0.4, 0.5) is 5.69 Å². The molecule has 3 heteroatoms. The Labute approximate surface area is 102 Å². The fraction of sp³-hybridized carbons (Fsp3) is 0.357. The normalized spacial score (nSPS) is 10.7. The average Bonchev–Trinajstić information content (AvgIpc) is 2.34. The highest BCUT2D eigenvalue weighted by molar-refractivity contribution is 5.91. The number of aromatic nitrogens is 1.